The fourth-order valence-electron chi connectivity index (χ4n) is 1.12. The number of aliphatic carboxylic acids is 1. The molecule has 1 aliphatic rings. The largest absolute Gasteiger partial charge is 0.478 e. The average molecular weight is 246 g/mol. The van der Waals surface area contributed by atoms with Crippen LogP contribution in [-0.4, -0.2) is 23.8 Å². The second kappa shape index (κ2) is 7.45. The van der Waals surface area contributed by atoms with E-state index in [1.165, 1.54) is 12.5 Å². The van der Waals surface area contributed by atoms with Gasteiger partial charge in [-0.25, -0.2) is 4.79 Å². The first kappa shape index (κ1) is 14.2. The second-order valence-electron chi connectivity index (χ2n) is 4.09. The fourth-order valence-corrected chi connectivity index (χ4v) is 1.12. The van der Waals surface area contributed by atoms with Gasteiger partial charge in [-0.3, -0.25) is 0 Å². The number of carboxylic acids is 1. The van der Waals surface area contributed by atoms with E-state index in [1.807, 2.05) is 18.2 Å². The van der Waals surface area contributed by atoms with Gasteiger partial charge in [-0.1, -0.05) is 49.1 Å². The van der Waals surface area contributed by atoms with Crippen LogP contribution in [0.3, 0.4) is 0 Å². The Kier molecular flexibility index (Phi) is 5.88. The van der Waals surface area contributed by atoms with Gasteiger partial charge in [0.1, 0.15) is 0 Å². The van der Waals surface area contributed by atoms with E-state index in [0.29, 0.717) is 6.10 Å². The van der Waals surface area contributed by atoms with E-state index in [9.17, 15) is 4.79 Å². The lowest BCUT2D eigenvalue weighted by atomic mass is 10.2. The lowest BCUT2D eigenvalue weighted by Gasteiger charge is -1.89. The zero-order valence-corrected chi connectivity index (χ0v) is 10.5. The van der Waals surface area contributed by atoms with E-state index in [2.05, 4.69) is 30.9 Å². The Balaban J connectivity index is 0.000000232. The fraction of sp³-hybridized carbons (Fsp3) is 0.267. The van der Waals surface area contributed by atoms with E-state index in [4.69, 9.17) is 9.84 Å². The van der Waals surface area contributed by atoms with Gasteiger partial charge in [-0.2, -0.15) is 0 Å². The van der Waals surface area contributed by atoms with Crippen molar-refractivity contribution in [3.63, 3.8) is 0 Å². The number of hydrogen-bond acceptors (Lipinski definition) is 2. The zero-order valence-electron chi connectivity index (χ0n) is 10.5. The molecule has 1 unspecified atom stereocenters. The molecule has 0 bridgehead atoms. The molecule has 18 heavy (non-hydrogen) atoms. The summed E-state index contributed by atoms with van der Waals surface area (Å²) in [6.45, 7) is 5.55. The van der Waals surface area contributed by atoms with Gasteiger partial charge in [-0.05, 0) is 18.9 Å². The lowest BCUT2D eigenvalue weighted by molar-refractivity contribution is -0.132. The molecule has 1 atom stereocenters. The molecule has 0 radical (unpaired) electrons. The molecule has 3 nitrogen and oxygen atoms in total. The summed E-state index contributed by atoms with van der Waals surface area (Å²) in [7, 11) is 0. The molecule has 0 aromatic heterocycles. The van der Waals surface area contributed by atoms with Gasteiger partial charge in [0, 0.05) is 5.57 Å². The summed E-state index contributed by atoms with van der Waals surface area (Å²) in [4.78, 5) is 9.60. The number of rotatable bonds is 4. The molecule has 0 amide bonds. The highest BCUT2D eigenvalue weighted by molar-refractivity contribution is 5.84. The van der Waals surface area contributed by atoms with E-state index in [0.717, 1.165) is 13.0 Å². The molecule has 2 rings (SSSR count). The summed E-state index contributed by atoms with van der Waals surface area (Å²) in [6.07, 6.45) is 5.87. The smallest absolute Gasteiger partial charge is 0.330 e. The van der Waals surface area contributed by atoms with Crippen LogP contribution in [0.5, 0.6) is 0 Å². The van der Waals surface area contributed by atoms with Gasteiger partial charge < -0.3 is 9.84 Å². The summed E-state index contributed by atoms with van der Waals surface area (Å²) in [5, 5.41) is 7.89. The molecule has 0 spiro atoms. The topological polar surface area (TPSA) is 49.8 Å². The predicted molar refractivity (Wildman–Crippen MR) is 72.3 cm³/mol. The predicted octanol–water partition coefficient (Wildman–Crippen LogP) is 3.14. The average Bonchev–Trinajstić information content (AvgIpc) is 3.15. The molecule has 96 valence electrons. The summed E-state index contributed by atoms with van der Waals surface area (Å²) in [5.74, 6) is -0.935. The van der Waals surface area contributed by atoms with Crippen LogP contribution < -0.4 is 0 Å². The van der Waals surface area contributed by atoms with Crippen molar-refractivity contribution in [2.75, 3.05) is 6.61 Å². The molecule has 1 saturated heterocycles. The molecule has 1 heterocycles. The molecule has 1 aromatic carbocycles. The van der Waals surface area contributed by atoms with Crippen molar-refractivity contribution in [1.82, 2.24) is 0 Å². The minimum absolute atomic E-state index is 0.176. The quantitative estimate of drug-likeness (QED) is 0.656. The van der Waals surface area contributed by atoms with E-state index in [-0.39, 0.29) is 5.57 Å². The highest BCUT2D eigenvalue weighted by Crippen LogP contribution is 2.14. The minimum Gasteiger partial charge on any atom is -0.478 e. The Morgan fingerprint density at radius 2 is 2.06 bits per heavy atom. The summed E-state index contributed by atoms with van der Waals surface area (Å²) < 4.78 is 5.10. The van der Waals surface area contributed by atoms with E-state index < -0.39 is 5.97 Å². The van der Waals surface area contributed by atoms with Crippen LogP contribution in [0.1, 0.15) is 18.9 Å². The van der Waals surface area contributed by atoms with Crippen molar-refractivity contribution in [2.24, 2.45) is 0 Å². The molecule has 0 aliphatic carbocycles. The molecule has 1 N–H and O–H groups in total. The standard InChI is InChI=1S/C11H12O.C4H6O2/c1-2-5-10(6-3-1)7-4-8-11-9-12-11;1-3(2)4(5)6/h1-7,11H,8-9H2;1H2,2H3,(H,5,6). The maximum atomic E-state index is 9.60. The van der Waals surface area contributed by atoms with Crippen molar-refractivity contribution in [3.8, 4) is 0 Å². The highest BCUT2D eigenvalue weighted by atomic mass is 16.6. The number of epoxide rings is 1. The molecule has 1 fully saturated rings. The molecule has 1 aliphatic heterocycles. The zero-order chi connectivity index (χ0) is 13.4. The maximum Gasteiger partial charge on any atom is 0.330 e. The summed E-state index contributed by atoms with van der Waals surface area (Å²) in [5.41, 5.74) is 1.44. The van der Waals surface area contributed by atoms with E-state index >= 15 is 0 Å². The number of hydrogen-bond donors (Lipinski definition) is 1. The van der Waals surface area contributed by atoms with Crippen molar-refractivity contribution < 1.29 is 14.6 Å². The van der Waals surface area contributed by atoms with Gasteiger partial charge >= 0.3 is 5.97 Å². The third-order valence-electron chi connectivity index (χ3n) is 2.28. The summed E-state index contributed by atoms with van der Waals surface area (Å²) >= 11 is 0. The van der Waals surface area contributed by atoms with Crippen LogP contribution in [0, 0.1) is 0 Å². The van der Waals surface area contributed by atoms with Crippen LogP contribution in [0.2, 0.25) is 0 Å². The van der Waals surface area contributed by atoms with Crippen LogP contribution in [0.4, 0.5) is 0 Å². The van der Waals surface area contributed by atoms with Crippen molar-refractivity contribution in [2.45, 2.75) is 19.4 Å². The Labute approximate surface area is 107 Å². The SMILES string of the molecule is C(=Cc1ccccc1)CC1CO1.C=C(C)C(=O)O. The monoisotopic (exact) mass is 246 g/mol. The van der Waals surface area contributed by atoms with Crippen LogP contribution >= 0.6 is 0 Å². The molecular formula is C15H18O3. The van der Waals surface area contributed by atoms with Crippen molar-refractivity contribution >= 4 is 12.0 Å². The number of ether oxygens (including phenoxy) is 1. The third kappa shape index (κ3) is 6.66. The van der Waals surface area contributed by atoms with Crippen LogP contribution in [0.25, 0.3) is 6.08 Å². The minimum atomic E-state index is -0.935. The van der Waals surface area contributed by atoms with Crippen molar-refractivity contribution in [3.05, 3.63) is 54.1 Å². The normalized spacial score (nSPS) is 16.8. The van der Waals surface area contributed by atoms with Gasteiger partial charge in [0.05, 0.1) is 12.7 Å². The van der Waals surface area contributed by atoms with Gasteiger partial charge in [-0.15, -0.1) is 0 Å². The van der Waals surface area contributed by atoms with E-state index in [1.54, 1.807) is 0 Å². The number of carboxylic acid groups (broad SMARTS) is 1. The Morgan fingerprint density at radius 1 is 1.50 bits per heavy atom. The van der Waals surface area contributed by atoms with Crippen LogP contribution in [0.15, 0.2) is 48.6 Å². The molecular weight excluding hydrogens is 228 g/mol. The van der Waals surface area contributed by atoms with Gasteiger partial charge in [0.15, 0.2) is 0 Å². The van der Waals surface area contributed by atoms with Gasteiger partial charge in [0.25, 0.3) is 0 Å². The highest BCUT2D eigenvalue weighted by Gasteiger charge is 2.19. The van der Waals surface area contributed by atoms with Crippen LogP contribution in [-0.2, 0) is 9.53 Å². The number of carbonyl (C=O) groups is 1. The first-order valence-corrected chi connectivity index (χ1v) is 5.81. The molecule has 3 heteroatoms. The Bertz CT molecular complexity index is 405. The third-order valence-corrected chi connectivity index (χ3v) is 2.28. The maximum absolute atomic E-state index is 9.60. The first-order valence-electron chi connectivity index (χ1n) is 5.81. The van der Waals surface area contributed by atoms with Crippen molar-refractivity contribution in [1.29, 1.82) is 0 Å². The second-order valence-corrected chi connectivity index (χ2v) is 4.09. The molecule has 0 saturated carbocycles. The number of benzene rings is 1. The summed E-state index contributed by atoms with van der Waals surface area (Å²) in [6, 6.07) is 10.3. The lowest BCUT2D eigenvalue weighted by Crippen LogP contribution is -1.92. The Morgan fingerprint density at radius 3 is 2.50 bits per heavy atom. The van der Waals surface area contributed by atoms with Gasteiger partial charge in [0.2, 0.25) is 0 Å². The first-order chi connectivity index (χ1) is 8.59. The molecule has 1 aromatic rings. The Hall–Kier alpha value is -1.87.